The van der Waals surface area contributed by atoms with Crippen LogP contribution in [0.3, 0.4) is 0 Å². The minimum Gasteiger partial charge on any atom is -0.478 e. The number of aromatic carboxylic acids is 1. The zero-order valence-corrected chi connectivity index (χ0v) is 13.1. The van der Waals surface area contributed by atoms with E-state index in [1.807, 2.05) is 0 Å². The van der Waals surface area contributed by atoms with Gasteiger partial charge >= 0.3 is 5.97 Å². The molecule has 0 fully saturated rings. The van der Waals surface area contributed by atoms with Gasteiger partial charge in [0.05, 0.1) is 17.7 Å². The van der Waals surface area contributed by atoms with Crippen LogP contribution in [-0.4, -0.2) is 17.0 Å². The number of benzene rings is 2. The Labute approximate surface area is 134 Å². The molecule has 0 aliphatic rings. The third-order valence-corrected chi connectivity index (χ3v) is 3.73. The molecule has 6 heteroatoms. The van der Waals surface area contributed by atoms with Crippen molar-refractivity contribution in [1.29, 1.82) is 0 Å². The topological polar surface area (TPSA) is 66.4 Å². The van der Waals surface area contributed by atoms with Gasteiger partial charge < -0.3 is 10.4 Å². The largest absolute Gasteiger partial charge is 0.478 e. The van der Waals surface area contributed by atoms with Crippen molar-refractivity contribution in [2.45, 2.75) is 6.42 Å². The van der Waals surface area contributed by atoms with Crippen molar-refractivity contribution in [3.05, 3.63) is 63.1 Å². The summed E-state index contributed by atoms with van der Waals surface area (Å²) in [5.74, 6) is -1.37. The molecule has 0 aliphatic carbocycles. The van der Waals surface area contributed by atoms with E-state index in [0.717, 1.165) is 0 Å². The van der Waals surface area contributed by atoms with Crippen LogP contribution in [0.1, 0.15) is 15.9 Å². The molecule has 0 atom stereocenters. The molecule has 0 unspecified atom stereocenters. The van der Waals surface area contributed by atoms with Gasteiger partial charge in [-0.2, -0.15) is 0 Å². The highest BCUT2D eigenvalue weighted by Crippen LogP contribution is 2.26. The number of amides is 1. The Hall–Kier alpha value is -1.85. The number of carbonyl (C=O) groups is 2. The van der Waals surface area contributed by atoms with Crippen molar-refractivity contribution in [1.82, 2.24) is 0 Å². The Morgan fingerprint density at radius 3 is 2.62 bits per heavy atom. The van der Waals surface area contributed by atoms with Gasteiger partial charge in [-0.05, 0) is 45.8 Å². The SMILES string of the molecule is O=C(Cc1ccccc1C(=O)O)Nc1cc(Cl)ccc1Br. The summed E-state index contributed by atoms with van der Waals surface area (Å²) in [6.45, 7) is 0. The zero-order chi connectivity index (χ0) is 15.4. The Balaban J connectivity index is 2.16. The lowest BCUT2D eigenvalue weighted by Crippen LogP contribution is -2.16. The van der Waals surface area contributed by atoms with Gasteiger partial charge in [0.15, 0.2) is 0 Å². The highest BCUT2D eigenvalue weighted by atomic mass is 79.9. The summed E-state index contributed by atoms with van der Waals surface area (Å²) in [7, 11) is 0. The normalized spacial score (nSPS) is 10.2. The average molecular weight is 369 g/mol. The minimum atomic E-state index is -1.05. The van der Waals surface area contributed by atoms with Crippen LogP contribution in [0.2, 0.25) is 5.02 Å². The second-order valence-corrected chi connectivity index (χ2v) is 5.60. The maximum absolute atomic E-state index is 12.1. The third kappa shape index (κ3) is 4.06. The molecule has 2 rings (SSSR count). The van der Waals surface area contributed by atoms with Crippen molar-refractivity contribution in [3.63, 3.8) is 0 Å². The first kappa shape index (κ1) is 15.5. The molecule has 0 spiro atoms. The van der Waals surface area contributed by atoms with Gasteiger partial charge in [0.25, 0.3) is 0 Å². The van der Waals surface area contributed by atoms with Gasteiger partial charge in [-0.25, -0.2) is 4.79 Å². The first-order valence-electron chi connectivity index (χ1n) is 6.03. The average Bonchev–Trinajstić information content (AvgIpc) is 2.43. The van der Waals surface area contributed by atoms with E-state index in [4.69, 9.17) is 16.7 Å². The molecule has 0 radical (unpaired) electrons. The summed E-state index contributed by atoms with van der Waals surface area (Å²) in [4.78, 5) is 23.2. The van der Waals surface area contributed by atoms with Gasteiger partial charge in [-0.15, -0.1) is 0 Å². The van der Waals surface area contributed by atoms with Crippen LogP contribution in [0, 0.1) is 0 Å². The van der Waals surface area contributed by atoms with E-state index in [2.05, 4.69) is 21.2 Å². The Kier molecular flexibility index (Phi) is 4.98. The maximum atomic E-state index is 12.1. The van der Waals surface area contributed by atoms with Crippen LogP contribution in [0.25, 0.3) is 0 Å². The smallest absolute Gasteiger partial charge is 0.335 e. The molecule has 21 heavy (non-hydrogen) atoms. The van der Waals surface area contributed by atoms with Crippen molar-refractivity contribution >= 4 is 45.1 Å². The number of halogens is 2. The molecular formula is C15H11BrClNO3. The molecule has 108 valence electrons. The number of carboxylic acids is 1. The Morgan fingerprint density at radius 2 is 1.90 bits per heavy atom. The second kappa shape index (κ2) is 6.74. The first-order chi connectivity index (χ1) is 9.97. The summed E-state index contributed by atoms with van der Waals surface area (Å²) in [5.41, 5.74) is 1.12. The number of carboxylic acid groups (broad SMARTS) is 1. The fourth-order valence-corrected chi connectivity index (χ4v) is 2.36. The Morgan fingerprint density at radius 1 is 1.19 bits per heavy atom. The molecule has 0 aliphatic heterocycles. The van der Waals surface area contributed by atoms with E-state index in [1.165, 1.54) is 6.07 Å². The fraction of sp³-hybridized carbons (Fsp3) is 0.0667. The van der Waals surface area contributed by atoms with Crippen LogP contribution in [0.5, 0.6) is 0 Å². The predicted molar refractivity (Wildman–Crippen MR) is 84.9 cm³/mol. The molecule has 2 aromatic rings. The highest BCUT2D eigenvalue weighted by Gasteiger charge is 2.13. The minimum absolute atomic E-state index is 0.0264. The Bertz CT molecular complexity index is 703. The lowest BCUT2D eigenvalue weighted by molar-refractivity contribution is -0.115. The van der Waals surface area contributed by atoms with Crippen molar-refractivity contribution in [2.75, 3.05) is 5.32 Å². The molecule has 4 nitrogen and oxygen atoms in total. The highest BCUT2D eigenvalue weighted by molar-refractivity contribution is 9.10. The van der Waals surface area contributed by atoms with Gasteiger partial charge in [0.1, 0.15) is 0 Å². The molecule has 0 saturated carbocycles. The van der Waals surface area contributed by atoms with Gasteiger partial charge in [-0.1, -0.05) is 29.8 Å². The maximum Gasteiger partial charge on any atom is 0.335 e. The van der Waals surface area contributed by atoms with E-state index in [-0.39, 0.29) is 17.9 Å². The predicted octanol–water partition coefficient (Wildman–Crippen LogP) is 3.98. The number of carbonyl (C=O) groups excluding carboxylic acids is 1. The summed E-state index contributed by atoms with van der Waals surface area (Å²) in [5, 5.41) is 12.3. The monoisotopic (exact) mass is 367 g/mol. The quantitative estimate of drug-likeness (QED) is 0.858. The fourth-order valence-electron chi connectivity index (χ4n) is 1.84. The molecule has 0 saturated heterocycles. The van der Waals surface area contributed by atoms with Crippen LogP contribution < -0.4 is 5.32 Å². The summed E-state index contributed by atoms with van der Waals surface area (Å²) >= 11 is 9.19. The number of hydrogen-bond donors (Lipinski definition) is 2. The van der Waals surface area contributed by atoms with Crippen molar-refractivity contribution < 1.29 is 14.7 Å². The first-order valence-corrected chi connectivity index (χ1v) is 7.20. The second-order valence-electron chi connectivity index (χ2n) is 4.31. The molecular weight excluding hydrogens is 358 g/mol. The third-order valence-electron chi connectivity index (χ3n) is 2.80. The van der Waals surface area contributed by atoms with Gasteiger partial charge in [-0.3, -0.25) is 4.79 Å². The van der Waals surface area contributed by atoms with Crippen molar-refractivity contribution in [3.8, 4) is 0 Å². The number of rotatable bonds is 4. The summed E-state index contributed by atoms with van der Waals surface area (Å²) in [6, 6.07) is 11.5. The molecule has 0 bridgehead atoms. The lowest BCUT2D eigenvalue weighted by atomic mass is 10.0. The summed E-state index contributed by atoms with van der Waals surface area (Å²) < 4.78 is 0.701. The van der Waals surface area contributed by atoms with Crippen LogP contribution >= 0.6 is 27.5 Å². The van der Waals surface area contributed by atoms with E-state index in [0.29, 0.717) is 20.7 Å². The van der Waals surface area contributed by atoms with Gasteiger partial charge in [0.2, 0.25) is 5.91 Å². The summed E-state index contributed by atoms with van der Waals surface area (Å²) in [6.07, 6.45) is -0.0264. The lowest BCUT2D eigenvalue weighted by Gasteiger charge is -2.09. The number of nitrogens with one attached hydrogen (secondary N) is 1. The molecule has 1 amide bonds. The number of anilines is 1. The van der Waals surface area contributed by atoms with E-state index in [1.54, 1.807) is 36.4 Å². The van der Waals surface area contributed by atoms with E-state index in [9.17, 15) is 9.59 Å². The van der Waals surface area contributed by atoms with E-state index >= 15 is 0 Å². The standard InChI is InChI=1S/C15H11BrClNO3/c16-12-6-5-10(17)8-13(12)18-14(19)7-9-3-1-2-4-11(9)15(20)21/h1-6,8H,7H2,(H,18,19)(H,20,21). The molecule has 0 heterocycles. The van der Waals surface area contributed by atoms with Crippen LogP contribution in [0.15, 0.2) is 46.9 Å². The van der Waals surface area contributed by atoms with Crippen molar-refractivity contribution in [2.24, 2.45) is 0 Å². The van der Waals surface area contributed by atoms with E-state index < -0.39 is 5.97 Å². The zero-order valence-electron chi connectivity index (χ0n) is 10.8. The van der Waals surface area contributed by atoms with Crippen LogP contribution in [-0.2, 0) is 11.2 Å². The van der Waals surface area contributed by atoms with Gasteiger partial charge in [0, 0.05) is 9.50 Å². The number of hydrogen-bond acceptors (Lipinski definition) is 2. The van der Waals surface area contributed by atoms with Crippen LogP contribution in [0.4, 0.5) is 5.69 Å². The molecule has 2 N–H and O–H groups in total. The molecule has 2 aromatic carbocycles. The molecule has 0 aromatic heterocycles.